The quantitative estimate of drug-likeness (QED) is 0.333. The van der Waals surface area contributed by atoms with Crippen LogP contribution in [-0.2, 0) is 19.9 Å². The zero-order chi connectivity index (χ0) is 25.6. The average Bonchev–Trinajstić information content (AvgIpc) is 3.49. The number of anilines is 1. The molecule has 5 atom stereocenters. The van der Waals surface area contributed by atoms with E-state index < -0.39 is 5.60 Å². The van der Waals surface area contributed by atoms with Crippen molar-refractivity contribution in [3.05, 3.63) is 143 Å². The fourth-order valence-electron chi connectivity index (χ4n) is 7.71. The van der Waals surface area contributed by atoms with Gasteiger partial charge in [0.15, 0.2) is 5.60 Å². The van der Waals surface area contributed by atoms with Gasteiger partial charge in [0.2, 0.25) is 5.91 Å². The summed E-state index contributed by atoms with van der Waals surface area (Å²) >= 11 is 0. The Morgan fingerprint density at radius 2 is 1.29 bits per heavy atom. The molecule has 0 unspecified atom stereocenters. The number of rotatable bonds is 2. The van der Waals surface area contributed by atoms with E-state index in [1.54, 1.807) is 0 Å². The lowest BCUT2D eigenvalue weighted by atomic mass is 9.65. The summed E-state index contributed by atoms with van der Waals surface area (Å²) in [7, 11) is 0. The second-order valence-corrected chi connectivity index (χ2v) is 10.7. The molecule has 4 heteroatoms. The van der Waals surface area contributed by atoms with Crippen molar-refractivity contribution in [3.8, 4) is 0 Å². The van der Waals surface area contributed by atoms with Crippen LogP contribution in [0.15, 0.2) is 115 Å². The molecular formula is C34H25NO3. The SMILES string of the molecule is CC(=O)N1C(=O)[C@@]2(O[C@@H]3[C@H]2[C@@H]2C(=C(c4ccccc4)c4ccccc4)[C@H]3c3ccccc32)c2ccccc21. The van der Waals surface area contributed by atoms with Crippen molar-refractivity contribution < 1.29 is 14.3 Å². The molecule has 2 heterocycles. The zero-order valence-electron chi connectivity index (χ0n) is 20.9. The minimum atomic E-state index is -1.15. The van der Waals surface area contributed by atoms with E-state index in [4.69, 9.17) is 4.74 Å². The highest BCUT2D eigenvalue weighted by atomic mass is 16.5. The van der Waals surface area contributed by atoms with Crippen molar-refractivity contribution in [2.24, 2.45) is 5.92 Å². The van der Waals surface area contributed by atoms with E-state index in [-0.39, 0.29) is 35.7 Å². The monoisotopic (exact) mass is 495 g/mol. The maximum absolute atomic E-state index is 14.1. The zero-order valence-corrected chi connectivity index (χ0v) is 20.9. The Hall–Kier alpha value is -4.28. The molecule has 184 valence electrons. The van der Waals surface area contributed by atoms with E-state index in [1.165, 1.54) is 34.1 Å². The molecule has 4 aromatic rings. The highest BCUT2D eigenvalue weighted by Crippen LogP contribution is 2.74. The Kier molecular flexibility index (Phi) is 4.37. The van der Waals surface area contributed by atoms with Crippen LogP contribution in [0.5, 0.6) is 0 Å². The number of carbonyl (C=O) groups is 2. The van der Waals surface area contributed by atoms with E-state index in [9.17, 15) is 9.59 Å². The highest BCUT2D eigenvalue weighted by molar-refractivity contribution is 6.22. The third kappa shape index (κ3) is 2.53. The molecule has 4 aliphatic rings. The van der Waals surface area contributed by atoms with Crippen molar-refractivity contribution in [2.75, 3.05) is 4.90 Å². The number of hydrogen-bond donors (Lipinski definition) is 0. The molecule has 2 aliphatic carbocycles. The standard InChI is InChI=1S/C34H25NO3/c1-20(36)35-26-19-11-10-18-25(26)34(33(35)37)31-28-23-16-8-9-17-24(23)29(32(31)38-34)30(28)27(21-12-4-2-5-13-21)22-14-6-3-7-15-22/h2-19,28-29,31-32H,1H3/t28-,29+,31+,32-,34+/m0/s1. The van der Waals surface area contributed by atoms with Crippen LogP contribution in [-0.4, -0.2) is 17.9 Å². The molecule has 2 bridgehead atoms. The molecule has 2 fully saturated rings. The fourth-order valence-corrected chi connectivity index (χ4v) is 7.71. The van der Waals surface area contributed by atoms with Gasteiger partial charge in [-0.1, -0.05) is 103 Å². The summed E-state index contributed by atoms with van der Waals surface area (Å²) in [5.74, 6) is -0.557. The van der Waals surface area contributed by atoms with Crippen LogP contribution in [0.1, 0.15) is 46.6 Å². The first-order valence-corrected chi connectivity index (χ1v) is 13.2. The molecule has 2 amide bonds. The molecule has 1 saturated carbocycles. The summed E-state index contributed by atoms with van der Waals surface area (Å²) in [5, 5.41) is 0. The van der Waals surface area contributed by atoms with Crippen molar-refractivity contribution in [1.29, 1.82) is 0 Å². The van der Waals surface area contributed by atoms with Crippen LogP contribution in [0.25, 0.3) is 5.57 Å². The minimum absolute atomic E-state index is 0.00859. The van der Waals surface area contributed by atoms with E-state index in [0.717, 1.165) is 16.7 Å². The van der Waals surface area contributed by atoms with Crippen molar-refractivity contribution >= 4 is 23.1 Å². The molecule has 0 radical (unpaired) electrons. The van der Waals surface area contributed by atoms with Crippen LogP contribution in [0.3, 0.4) is 0 Å². The first-order valence-electron chi connectivity index (χ1n) is 13.2. The smallest absolute Gasteiger partial charge is 0.271 e. The Labute approximate surface area is 221 Å². The van der Waals surface area contributed by atoms with E-state index >= 15 is 0 Å². The molecule has 4 aromatic carbocycles. The second kappa shape index (κ2) is 7.62. The summed E-state index contributed by atoms with van der Waals surface area (Å²) in [6.07, 6.45) is -0.128. The maximum atomic E-state index is 14.1. The molecule has 38 heavy (non-hydrogen) atoms. The van der Waals surface area contributed by atoms with Crippen LogP contribution < -0.4 is 4.90 Å². The third-order valence-electron chi connectivity index (χ3n) is 8.96. The minimum Gasteiger partial charge on any atom is -0.355 e. The number of hydrogen-bond acceptors (Lipinski definition) is 3. The van der Waals surface area contributed by atoms with Gasteiger partial charge in [-0.05, 0) is 39.5 Å². The largest absolute Gasteiger partial charge is 0.355 e. The number of ether oxygens (including phenoxy) is 1. The molecule has 1 saturated heterocycles. The molecule has 0 aromatic heterocycles. The summed E-state index contributed by atoms with van der Waals surface area (Å²) in [6, 6.07) is 37.3. The average molecular weight is 496 g/mol. The van der Waals surface area contributed by atoms with Gasteiger partial charge in [0.1, 0.15) is 0 Å². The van der Waals surface area contributed by atoms with Gasteiger partial charge >= 0.3 is 0 Å². The molecule has 2 aliphatic heterocycles. The lowest BCUT2D eigenvalue weighted by Crippen LogP contribution is -2.64. The Morgan fingerprint density at radius 1 is 0.737 bits per heavy atom. The second-order valence-electron chi connectivity index (χ2n) is 10.7. The Bertz CT molecular complexity index is 1630. The normalized spacial score (nSPS) is 27.7. The summed E-state index contributed by atoms with van der Waals surface area (Å²) in [4.78, 5) is 28.1. The molecular weight excluding hydrogens is 470 g/mol. The number of benzene rings is 4. The van der Waals surface area contributed by atoms with Crippen molar-refractivity contribution in [1.82, 2.24) is 0 Å². The summed E-state index contributed by atoms with van der Waals surface area (Å²) < 4.78 is 6.80. The van der Waals surface area contributed by atoms with Gasteiger partial charge in [-0.15, -0.1) is 0 Å². The number of amides is 2. The lowest BCUT2D eigenvalue weighted by Gasteiger charge is -2.53. The Balaban J connectivity index is 1.40. The molecule has 1 spiro atoms. The van der Waals surface area contributed by atoms with Crippen LogP contribution in [0.4, 0.5) is 5.69 Å². The third-order valence-corrected chi connectivity index (χ3v) is 8.96. The van der Waals surface area contributed by atoms with Gasteiger partial charge in [0.25, 0.3) is 5.91 Å². The summed E-state index contributed by atoms with van der Waals surface area (Å²) in [5.41, 5.74) is 7.73. The highest BCUT2D eigenvalue weighted by Gasteiger charge is 2.76. The van der Waals surface area contributed by atoms with Crippen molar-refractivity contribution in [2.45, 2.75) is 30.5 Å². The first-order chi connectivity index (χ1) is 18.6. The van der Waals surface area contributed by atoms with Gasteiger partial charge in [-0.3, -0.25) is 9.59 Å². The molecule has 8 rings (SSSR count). The topological polar surface area (TPSA) is 46.6 Å². The predicted octanol–water partition coefficient (Wildman–Crippen LogP) is 6.19. The molecule has 0 N–H and O–H groups in total. The lowest BCUT2D eigenvalue weighted by molar-refractivity contribution is -0.251. The first kappa shape index (κ1) is 21.8. The number of fused-ring (bicyclic) bond motifs is 11. The van der Waals surface area contributed by atoms with Gasteiger partial charge < -0.3 is 4.74 Å². The Morgan fingerprint density at radius 3 is 1.92 bits per heavy atom. The van der Waals surface area contributed by atoms with E-state index in [2.05, 4.69) is 72.8 Å². The van der Waals surface area contributed by atoms with Gasteiger partial charge in [-0.2, -0.15) is 0 Å². The van der Waals surface area contributed by atoms with Crippen LogP contribution in [0, 0.1) is 5.92 Å². The molecule has 4 nitrogen and oxygen atoms in total. The number of imide groups is 1. The van der Waals surface area contributed by atoms with Gasteiger partial charge in [0.05, 0.1) is 11.8 Å². The number of para-hydroxylation sites is 1. The van der Waals surface area contributed by atoms with Crippen LogP contribution in [0.2, 0.25) is 0 Å². The predicted molar refractivity (Wildman–Crippen MR) is 145 cm³/mol. The summed E-state index contributed by atoms with van der Waals surface area (Å²) in [6.45, 7) is 1.45. The van der Waals surface area contributed by atoms with Crippen LogP contribution >= 0.6 is 0 Å². The number of carbonyl (C=O) groups excluding carboxylic acids is 2. The fraction of sp³-hybridized carbons (Fsp3) is 0.176. The van der Waals surface area contributed by atoms with Crippen molar-refractivity contribution in [3.63, 3.8) is 0 Å². The maximum Gasteiger partial charge on any atom is 0.271 e. The van der Waals surface area contributed by atoms with Gasteiger partial charge in [-0.25, -0.2) is 4.90 Å². The van der Waals surface area contributed by atoms with Gasteiger partial charge in [0, 0.05) is 30.2 Å². The number of nitrogens with zero attached hydrogens (tertiary/aromatic N) is 1. The van der Waals surface area contributed by atoms with E-state index in [0.29, 0.717) is 5.69 Å². The van der Waals surface area contributed by atoms with E-state index in [1.807, 2.05) is 36.4 Å².